The molecule has 0 amide bonds. The SMILES string of the molecule is CCCCn1cc[n+](C)c1.F[B-](F)(F)F.OC(F)(F)CF. The van der Waals surface area contributed by atoms with E-state index < -0.39 is 20.0 Å². The highest BCUT2D eigenvalue weighted by molar-refractivity contribution is 6.50. The van der Waals surface area contributed by atoms with Crippen molar-refractivity contribution < 1.29 is 40.1 Å². The Morgan fingerprint density at radius 3 is 1.90 bits per heavy atom. The molecule has 21 heavy (non-hydrogen) atoms. The molecule has 0 aromatic carbocycles. The molecular weight excluding hydrogens is 308 g/mol. The fourth-order valence-electron chi connectivity index (χ4n) is 0.975. The van der Waals surface area contributed by atoms with Crippen LogP contribution in [-0.2, 0) is 13.6 Å². The van der Waals surface area contributed by atoms with Crippen molar-refractivity contribution in [2.75, 3.05) is 6.67 Å². The Kier molecular flexibility index (Phi) is 11.0. The summed E-state index contributed by atoms with van der Waals surface area (Å²) in [5.41, 5.74) is 0. The lowest BCUT2D eigenvalue weighted by Crippen LogP contribution is -2.23. The quantitative estimate of drug-likeness (QED) is 0.514. The molecule has 0 bridgehead atoms. The molecule has 1 aromatic rings. The van der Waals surface area contributed by atoms with E-state index in [9.17, 15) is 30.4 Å². The fourth-order valence-corrected chi connectivity index (χ4v) is 0.975. The van der Waals surface area contributed by atoms with Crippen LogP contribution in [0.1, 0.15) is 19.8 Å². The summed E-state index contributed by atoms with van der Waals surface area (Å²) in [5, 5.41) is 7.12. The van der Waals surface area contributed by atoms with E-state index in [1.165, 1.54) is 12.8 Å². The summed E-state index contributed by atoms with van der Waals surface area (Å²) in [7, 11) is -3.96. The zero-order chi connectivity index (χ0) is 17.1. The van der Waals surface area contributed by atoms with Gasteiger partial charge in [-0.1, -0.05) is 13.3 Å². The third kappa shape index (κ3) is 24.2. The van der Waals surface area contributed by atoms with Crippen molar-refractivity contribution in [3.63, 3.8) is 0 Å². The topological polar surface area (TPSA) is 29.0 Å². The molecule has 0 unspecified atom stereocenters. The van der Waals surface area contributed by atoms with Gasteiger partial charge in [0.05, 0.1) is 13.6 Å². The largest absolute Gasteiger partial charge is 0.673 e. The lowest BCUT2D eigenvalue weighted by atomic mass is 10.3. The summed E-state index contributed by atoms with van der Waals surface area (Å²) in [6, 6.07) is 0. The summed E-state index contributed by atoms with van der Waals surface area (Å²) < 4.78 is 75.0. The number of aryl methyl sites for hydroxylation is 2. The van der Waals surface area contributed by atoms with Gasteiger partial charge in [-0.15, -0.1) is 0 Å². The zero-order valence-electron chi connectivity index (χ0n) is 11.6. The number of hydrogen-bond donors (Lipinski definition) is 1. The Morgan fingerprint density at radius 2 is 1.67 bits per heavy atom. The van der Waals surface area contributed by atoms with E-state index in [0.29, 0.717) is 0 Å². The van der Waals surface area contributed by atoms with Gasteiger partial charge in [-0.3, -0.25) is 0 Å². The van der Waals surface area contributed by atoms with Crippen LogP contribution in [0, 0.1) is 0 Å². The first-order chi connectivity index (χ1) is 9.39. The van der Waals surface area contributed by atoms with E-state index in [0.717, 1.165) is 6.54 Å². The monoisotopic (exact) mass is 326 g/mol. The van der Waals surface area contributed by atoms with Crippen molar-refractivity contribution in [3.8, 4) is 0 Å². The Balaban J connectivity index is 0. The average Bonchev–Trinajstić information content (AvgIpc) is 2.70. The highest BCUT2D eigenvalue weighted by Crippen LogP contribution is 2.06. The van der Waals surface area contributed by atoms with Gasteiger partial charge in [-0.2, -0.15) is 8.78 Å². The molecule has 0 atom stereocenters. The van der Waals surface area contributed by atoms with Crippen molar-refractivity contribution >= 4 is 7.25 Å². The van der Waals surface area contributed by atoms with Gasteiger partial charge in [0, 0.05) is 0 Å². The molecule has 1 heterocycles. The maximum atomic E-state index is 10.6. The lowest BCUT2D eigenvalue weighted by Gasteiger charge is -1.97. The van der Waals surface area contributed by atoms with Crippen LogP contribution in [0.2, 0.25) is 0 Å². The van der Waals surface area contributed by atoms with Crippen molar-refractivity contribution in [1.29, 1.82) is 0 Å². The van der Waals surface area contributed by atoms with Crippen LogP contribution in [-0.4, -0.2) is 29.7 Å². The number of halogens is 7. The molecule has 0 radical (unpaired) electrons. The predicted molar refractivity (Wildman–Crippen MR) is 63.8 cm³/mol. The van der Waals surface area contributed by atoms with Gasteiger partial charge in [0.2, 0.25) is 6.33 Å². The predicted octanol–water partition coefficient (Wildman–Crippen LogP) is 2.95. The molecule has 1 rings (SSSR count). The number of aromatic nitrogens is 2. The van der Waals surface area contributed by atoms with Gasteiger partial charge in [0.25, 0.3) is 0 Å². The van der Waals surface area contributed by atoms with Crippen LogP contribution in [0.4, 0.5) is 30.4 Å². The standard InChI is InChI=1S/C8H15N2.C2H3F3O.BF4/c1-3-4-5-10-7-6-9(2)8-10;3-1-2(4,5)6;2-1(3,4)5/h6-8H,3-5H2,1-2H3;6H,1H2;/q+1;;-1. The van der Waals surface area contributed by atoms with E-state index in [-0.39, 0.29) is 0 Å². The Hall–Kier alpha value is -1.26. The van der Waals surface area contributed by atoms with E-state index in [4.69, 9.17) is 5.11 Å². The summed E-state index contributed by atoms with van der Waals surface area (Å²) in [6.45, 7) is 1.35. The molecule has 1 aromatic heterocycles. The normalized spacial score (nSPS) is 11.1. The van der Waals surface area contributed by atoms with E-state index >= 15 is 0 Å². The second kappa shape index (κ2) is 10.5. The van der Waals surface area contributed by atoms with Crippen molar-refractivity contribution in [1.82, 2.24) is 4.57 Å². The zero-order valence-corrected chi connectivity index (χ0v) is 11.6. The fraction of sp³-hybridized carbons (Fsp3) is 0.700. The third-order valence-electron chi connectivity index (χ3n) is 1.75. The molecule has 3 nitrogen and oxygen atoms in total. The smallest absolute Gasteiger partial charge is 0.418 e. The van der Waals surface area contributed by atoms with Gasteiger partial charge in [0.15, 0.2) is 6.67 Å². The van der Waals surface area contributed by atoms with Gasteiger partial charge in [-0.25, -0.2) is 13.5 Å². The average molecular weight is 326 g/mol. The lowest BCUT2D eigenvalue weighted by molar-refractivity contribution is -0.671. The van der Waals surface area contributed by atoms with Crippen LogP contribution in [0.25, 0.3) is 0 Å². The minimum atomic E-state index is -6.00. The molecule has 126 valence electrons. The second-order valence-electron chi connectivity index (χ2n) is 3.96. The molecule has 0 aliphatic rings. The van der Waals surface area contributed by atoms with Gasteiger partial charge in [0.1, 0.15) is 12.4 Å². The second-order valence-corrected chi connectivity index (χ2v) is 3.96. The number of alkyl halides is 3. The number of imidazole rings is 1. The highest BCUT2D eigenvalue weighted by atomic mass is 19.5. The van der Waals surface area contributed by atoms with Gasteiger partial charge >= 0.3 is 13.4 Å². The van der Waals surface area contributed by atoms with Crippen LogP contribution in [0.5, 0.6) is 0 Å². The van der Waals surface area contributed by atoms with Crippen LogP contribution in [0.3, 0.4) is 0 Å². The molecule has 0 spiro atoms. The van der Waals surface area contributed by atoms with Crippen molar-refractivity contribution in [2.24, 2.45) is 7.05 Å². The van der Waals surface area contributed by atoms with Gasteiger partial charge < -0.3 is 22.4 Å². The van der Waals surface area contributed by atoms with Crippen LogP contribution in [0.15, 0.2) is 18.7 Å². The molecule has 0 saturated carbocycles. The summed E-state index contributed by atoms with van der Waals surface area (Å²) in [6.07, 6.45) is 4.69. The van der Waals surface area contributed by atoms with Crippen LogP contribution >= 0.6 is 0 Å². The van der Waals surface area contributed by atoms with E-state index in [2.05, 4.69) is 34.8 Å². The number of rotatable bonds is 4. The minimum absolute atomic E-state index is 1.15. The molecule has 0 aliphatic carbocycles. The van der Waals surface area contributed by atoms with E-state index in [1.807, 2.05) is 7.05 Å². The Labute approximate surface area is 118 Å². The minimum Gasteiger partial charge on any atom is -0.418 e. The first-order valence-electron chi connectivity index (χ1n) is 5.93. The first-order valence-corrected chi connectivity index (χ1v) is 5.93. The maximum absolute atomic E-state index is 10.6. The molecule has 0 fully saturated rings. The molecular formula is C10H18BF7N2O. The molecule has 11 heteroatoms. The number of hydrogen-bond acceptors (Lipinski definition) is 1. The number of unbranched alkanes of at least 4 members (excludes halogenated alkanes) is 1. The van der Waals surface area contributed by atoms with Gasteiger partial charge in [-0.05, 0) is 6.42 Å². The maximum Gasteiger partial charge on any atom is 0.673 e. The Morgan fingerprint density at radius 1 is 1.24 bits per heavy atom. The molecule has 0 aliphatic heterocycles. The number of nitrogens with zero attached hydrogens (tertiary/aromatic N) is 2. The van der Waals surface area contributed by atoms with E-state index in [1.54, 1.807) is 0 Å². The summed E-state index contributed by atoms with van der Waals surface area (Å²) >= 11 is 0. The van der Waals surface area contributed by atoms with Crippen molar-refractivity contribution in [2.45, 2.75) is 32.4 Å². The summed E-state index contributed by atoms with van der Waals surface area (Å²) in [5.74, 6) is 0. The first kappa shape index (κ1) is 22.0. The highest BCUT2D eigenvalue weighted by Gasteiger charge is 2.22. The third-order valence-corrected chi connectivity index (χ3v) is 1.75. The van der Waals surface area contributed by atoms with Crippen LogP contribution < -0.4 is 4.57 Å². The number of aliphatic hydroxyl groups is 1. The van der Waals surface area contributed by atoms with Crippen molar-refractivity contribution in [3.05, 3.63) is 18.7 Å². The molecule has 0 saturated heterocycles. The summed E-state index contributed by atoms with van der Waals surface area (Å²) in [4.78, 5) is 0. The Bertz CT molecular complexity index is 359. The molecule has 1 N–H and O–H groups in total.